The van der Waals surface area contributed by atoms with Gasteiger partial charge in [0.15, 0.2) is 23.3 Å². The van der Waals surface area contributed by atoms with Gasteiger partial charge in [-0.3, -0.25) is 0 Å². The molecule has 0 aliphatic carbocycles. The Morgan fingerprint density at radius 1 is 0.455 bits per heavy atom. The first-order valence-electron chi connectivity index (χ1n) is 14.1. The van der Waals surface area contributed by atoms with Crippen LogP contribution in [0.15, 0.2) is 97.1 Å². The minimum Gasteiger partial charge on any atom is -0.544 e. The van der Waals surface area contributed by atoms with Crippen LogP contribution in [0, 0.1) is 0 Å². The van der Waals surface area contributed by atoms with E-state index in [1.54, 1.807) is 0 Å². The number of benzene rings is 4. The SMILES string of the molecule is N[SiH2][O][AlH2].c1ccc2c(c1)-c1nc-2nc2[nH]c(nc3nc(nc4[nH]c(n1)c1ccccc41)-c1ccccc1-3)c1ccccc21. The van der Waals surface area contributed by atoms with E-state index in [1.807, 2.05) is 97.1 Å². The Hall–Kier alpha value is -5.09. The van der Waals surface area contributed by atoms with Crippen molar-refractivity contribution in [2.24, 2.45) is 5.40 Å². The molecule has 3 aromatic heterocycles. The van der Waals surface area contributed by atoms with Gasteiger partial charge < -0.3 is 18.8 Å². The van der Waals surface area contributed by atoms with Crippen molar-refractivity contribution in [1.82, 2.24) is 39.9 Å². The van der Waals surface area contributed by atoms with Crippen LogP contribution in [-0.2, 0) is 3.48 Å². The second-order valence-corrected chi connectivity index (χ2v) is 12.9. The number of nitrogens with one attached hydrogen (secondary N) is 2. The molecule has 7 aromatic rings. The fraction of sp³-hybridized carbons (Fsp3) is 0. The van der Waals surface area contributed by atoms with Gasteiger partial charge in [0.1, 0.15) is 22.6 Å². The first-order valence-corrected chi connectivity index (χ1v) is 16.3. The van der Waals surface area contributed by atoms with Crippen LogP contribution in [0.2, 0.25) is 0 Å². The summed E-state index contributed by atoms with van der Waals surface area (Å²) in [6, 6.07) is 32.2. The first-order chi connectivity index (χ1) is 21.7. The van der Waals surface area contributed by atoms with Gasteiger partial charge in [-0.25, -0.2) is 29.9 Å². The topological polar surface area (TPSA) is 144 Å². The fourth-order valence-corrected chi connectivity index (χ4v) is 5.59. The second kappa shape index (κ2) is 10.9. The van der Waals surface area contributed by atoms with Crippen LogP contribution in [0.25, 0.3) is 89.7 Å². The van der Waals surface area contributed by atoms with Crippen LogP contribution in [0.4, 0.5) is 0 Å². The summed E-state index contributed by atoms with van der Waals surface area (Å²) in [6.07, 6.45) is 0. The molecule has 0 radical (unpaired) electrons. The molecule has 0 amide bonds. The molecular weight excluding hydrogens is 581 g/mol. The minimum absolute atomic E-state index is 0.514. The molecule has 0 saturated heterocycles. The largest absolute Gasteiger partial charge is 0.544 e. The predicted octanol–water partition coefficient (Wildman–Crippen LogP) is 4.38. The summed E-state index contributed by atoms with van der Waals surface area (Å²) < 4.78 is 4.60. The molecule has 0 saturated carbocycles. The molecule has 2 aliphatic heterocycles. The van der Waals surface area contributed by atoms with Gasteiger partial charge in [-0.05, 0) is 0 Å². The smallest absolute Gasteiger partial charge is 0.399 e. The molecule has 10 nitrogen and oxygen atoms in total. The maximum absolute atomic E-state index is 5.02. The van der Waals surface area contributed by atoms with E-state index in [0.29, 0.717) is 45.9 Å². The highest BCUT2D eigenvalue weighted by Crippen LogP contribution is 2.36. The van der Waals surface area contributed by atoms with Gasteiger partial charge in [0.2, 0.25) is 9.92 Å². The van der Waals surface area contributed by atoms with Gasteiger partial charge in [-0.15, -0.1) is 0 Å². The Morgan fingerprint density at radius 2 is 0.705 bits per heavy atom. The van der Waals surface area contributed by atoms with E-state index in [-0.39, 0.29) is 0 Å². The van der Waals surface area contributed by atoms with E-state index >= 15 is 0 Å². The average Bonchev–Trinajstić information content (AvgIpc) is 3.81. The zero-order chi connectivity index (χ0) is 29.6. The molecule has 2 aliphatic rings. The summed E-state index contributed by atoms with van der Waals surface area (Å²) in [7, 11) is -0.514. The molecular formula is C32H24AlN9OSi. The van der Waals surface area contributed by atoms with Crippen molar-refractivity contribution in [2.75, 3.05) is 0 Å². The van der Waals surface area contributed by atoms with Gasteiger partial charge in [0.05, 0.1) is 0 Å². The third-order valence-electron chi connectivity index (χ3n) is 7.63. The lowest BCUT2D eigenvalue weighted by Crippen LogP contribution is -2.06. The van der Waals surface area contributed by atoms with Crippen LogP contribution in [0.1, 0.15) is 0 Å². The van der Waals surface area contributed by atoms with Crippen molar-refractivity contribution < 1.29 is 3.48 Å². The predicted molar refractivity (Wildman–Crippen MR) is 178 cm³/mol. The second-order valence-electron chi connectivity index (χ2n) is 10.2. The van der Waals surface area contributed by atoms with Crippen molar-refractivity contribution in [1.29, 1.82) is 0 Å². The minimum atomic E-state index is -0.514. The van der Waals surface area contributed by atoms with E-state index in [1.165, 1.54) is 0 Å². The van der Waals surface area contributed by atoms with Gasteiger partial charge in [0, 0.05) is 43.8 Å². The number of fused-ring (bicyclic) bond motifs is 20. The molecule has 12 heteroatoms. The summed E-state index contributed by atoms with van der Waals surface area (Å²) >= 11 is 0.826. The molecule has 5 heterocycles. The summed E-state index contributed by atoms with van der Waals surface area (Å²) in [4.78, 5) is 36.8. The number of hydrogen-bond acceptors (Lipinski definition) is 8. The zero-order valence-corrected chi connectivity index (χ0v) is 27.0. The normalized spacial score (nSPS) is 11.8. The number of nitrogens with two attached hydrogens (primary N) is 1. The quantitative estimate of drug-likeness (QED) is 0.234. The van der Waals surface area contributed by atoms with Gasteiger partial charge in [-0.2, -0.15) is 0 Å². The number of nitrogens with zero attached hydrogens (tertiary/aromatic N) is 6. The third kappa shape index (κ3) is 4.41. The molecule has 9 rings (SSSR count). The Kier molecular flexibility index (Phi) is 6.56. The molecule has 4 aromatic carbocycles. The van der Waals surface area contributed by atoms with Crippen molar-refractivity contribution in [3.8, 4) is 45.6 Å². The highest BCUT2D eigenvalue weighted by atomic mass is 28.2. The van der Waals surface area contributed by atoms with Crippen molar-refractivity contribution >= 4 is 70.7 Å². The van der Waals surface area contributed by atoms with Gasteiger partial charge >= 0.3 is 16.6 Å². The fourth-order valence-electron chi connectivity index (χ4n) is 5.59. The average molecular weight is 606 g/mol. The lowest BCUT2D eigenvalue weighted by molar-refractivity contribution is 0.665. The monoisotopic (exact) mass is 605 g/mol. The number of H-pyrrole nitrogens is 2. The summed E-state index contributed by atoms with van der Waals surface area (Å²) in [5.74, 6) is 2.39. The standard InChI is InChI=1S/C32H18N8.Al.H4NOSi.2H/c1-2-10-18-17(9-1)25-33-26(18)38-28-21-13-5-6-14-22(21)30(35-28)40-32-24-16-8-7-15-23(24)31(36-32)39-29-20-12-4-3-11-19(20)27(34-29)37-25;;1-3-2;;/h1-16H,(H2,33,34,35,36,37,38,39,40);;1,3H2;;/q;+1;-1;;. The molecule has 8 bridgehead atoms. The Morgan fingerprint density at radius 3 is 0.955 bits per heavy atom. The Balaban J connectivity index is 0.000000684. The first kappa shape index (κ1) is 26.5. The highest BCUT2D eigenvalue weighted by Gasteiger charge is 2.21. The maximum Gasteiger partial charge on any atom is 0.399 e. The van der Waals surface area contributed by atoms with Crippen molar-refractivity contribution in [3.05, 3.63) is 97.1 Å². The Bertz CT molecular complexity index is 2080. The Labute approximate surface area is 261 Å². The number of aromatic amines is 2. The van der Waals surface area contributed by atoms with E-state index in [9.17, 15) is 0 Å². The lowest BCUT2D eigenvalue weighted by atomic mass is 10.1. The summed E-state index contributed by atoms with van der Waals surface area (Å²) in [6.45, 7) is 0. The van der Waals surface area contributed by atoms with Crippen LogP contribution < -0.4 is 5.40 Å². The summed E-state index contributed by atoms with van der Waals surface area (Å²) in [5.41, 5.74) is 6.45. The van der Waals surface area contributed by atoms with E-state index in [4.69, 9.17) is 35.3 Å². The van der Waals surface area contributed by atoms with E-state index in [2.05, 4.69) is 13.4 Å². The number of rotatable bonds is 1. The van der Waals surface area contributed by atoms with Crippen molar-refractivity contribution in [3.63, 3.8) is 0 Å². The molecule has 0 unspecified atom stereocenters. The molecule has 0 atom stereocenters. The molecule has 4 N–H and O–H groups in total. The highest BCUT2D eigenvalue weighted by molar-refractivity contribution is 6.30. The van der Waals surface area contributed by atoms with Crippen LogP contribution in [-0.4, -0.2) is 66.4 Å². The van der Waals surface area contributed by atoms with Crippen LogP contribution in [0.5, 0.6) is 0 Å². The molecule has 44 heavy (non-hydrogen) atoms. The van der Waals surface area contributed by atoms with Crippen LogP contribution >= 0.6 is 0 Å². The van der Waals surface area contributed by atoms with E-state index < -0.39 is 9.92 Å². The lowest BCUT2D eigenvalue weighted by Gasteiger charge is -1.96. The number of hydrogen-bond donors (Lipinski definition) is 3. The molecule has 210 valence electrons. The zero-order valence-electron chi connectivity index (χ0n) is 23.6. The van der Waals surface area contributed by atoms with Crippen LogP contribution in [0.3, 0.4) is 0 Å². The number of aromatic nitrogens is 8. The van der Waals surface area contributed by atoms with Gasteiger partial charge in [-0.1, -0.05) is 97.1 Å². The third-order valence-corrected chi connectivity index (χ3v) is 8.96. The van der Waals surface area contributed by atoms with Crippen molar-refractivity contribution in [2.45, 2.75) is 0 Å². The maximum atomic E-state index is 5.02. The van der Waals surface area contributed by atoms with Gasteiger partial charge in [0.25, 0.3) is 0 Å². The molecule has 0 spiro atoms. The summed E-state index contributed by atoms with van der Waals surface area (Å²) in [5, 5.41) is 8.80. The van der Waals surface area contributed by atoms with E-state index in [0.717, 1.165) is 60.4 Å². The molecule has 0 fully saturated rings.